The Kier molecular flexibility index (Phi) is 2.93. The summed E-state index contributed by atoms with van der Waals surface area (Å²) in [5.41, 5.74) is 1.19. The van der Waals surface area contributed by atoms with E-state index in [4.69, 9.17) is 9.84 Å². The van der Waals surface area contributed by atoms with Crippen molar-refractivity contribution in [3.63, 3.8) is 0 Å². The largest absolute Gasteiger partial charge is 0.497 e. The average molecular weight is 207 g/mol. The Morgan fingerprint density at radius 1 is 1.47 bits per heavy atom. The van der Waals surface area contributed by atoms with Crippen molar-refractivity contribution in [1.29, 1.82) is 0 Å². The van der Waals surface area contributed by atoms with Crippen molar-refractivity contribution in [2.45, 2.75) is 24.9 Å². The van der Waals surface area contributed by atoms with E-state index in [1.807, 2.05) is 18.2 Å². The molecule has 1 aliphatic rings. The van der Waals surface area contributed by atoms with Crippen LogP contribution >= 0.6 is 0 Å². The maximum absolute atomic E-state index is 9.15. The van der Waals surface area contributed by atoms with E-state index in [1.54, 1.807) is 7.11 Å². The van der Waals surface area contributed by atoms with Crippen LogP contribution in [0.2, 0.25) is 0 Å². The van der Waals surface area contributed by atoms with Crippen LogP contribution in [0.3, 0.4) is 0 Å². The van der Waals surface area contributed by atoms with Gasteiger partial charge in [-0.15, -0.1) is 0 Å². The molecule has 1 aromatic carbocycles. The van der Waals surface area contributed by atoms with E-state index in [2.05, 4.69) is 11.4 Å². The first kappa shape index (κ1) is 10.5. The highest BCUT2D eigenvalue weighted by atomic mass is 16.5. The molecule has 0 bridgehead atoms. The van der Waals surface area contributed by atoms with Crippen LogP contribution in [-0.2, 0) is 6.54 Å². The maximum atomic E-state index is 9.15. The van der Waals surface area contributed by atoms with Gasteiger partial charge in [0.25, 0.3) is 0 Å². The standard InChI is InChI=1S/C12H17NO2/c1-15-11-4-2-3-10(7-11)8-13-12(9-14)5-6-12/h2-4,7,13-14H,5-6,8-9H2,1H3. The zero-order chi connectivity index (χ0) is 10.7. The summed E-state index contributed by atoms with van der Waals surface area (Å²) < 4.78 is 5.15. The van der Waals surface area contributed by atoms with Crippen molar-refractivity contribution in [2.75, 3.05) is 13.7 Å². The van der Waals surface area contributed by atoms with E-state index >= 15 is 0 Å². The molecule has 0 heterocycles. The van der Waals surface area contributed by atoms with Crippen molar-refractivity contribution in [3.8, 4) is 5.75 Å². The van der Waals surface area contributed by atoms with E-state index in [-0.39, 0.29) is 12.1 Å². The highest BCUT2D eigenvalue weighted by Crippen LogP contribution is 2.34. The zero-order valence-corrected chi connectivity index (χ0v) is 8.99. The molecule has 0 radical (unpaired) electrons. The lowest BCUT2D eigenvalue weighted by atomic mass is 10.2. The van der Waals surface area contributed by atoms with E-state index in [0.29, 0.717) is 0 Å². The smallest absolute Gasteiger partial charge is 0.119 e. The van der Waals surface area contributed by atoms with Crippen molar-refractivity contribution in [1.82, 2.24) is 5.32 Å². The second-order valence-electron chi connectivity index (χ2n) is 4.14. The normalized spacial score (nSPS) is 17.5. The number of hydrogen-bond acceptors (Lipinski definition) is 3. The highest BCUT2D eigenvalue weighted by molar-refractivity contribution is 5.28. The van der Waals surface area contributed by atoms with Crippen LogP contribution in [-0.4, -0.2) is 24.4 Å². The summed E-state index contributed by atoms with van der Waals surface area (Å²) in [6.07, 6.45) is 2.15. The Labute approximate surface area is 90.1 Å². The van der Waals surface area contributed by atoms with Crippen LogP contribution in [0, 0.1) is 0 Å². The van der Waals surface area contributed by atoms with Gasteiger partial charge in [0.05, 0.1) is 13.7 Å². The summed E-state index contributed by atoms with van der Waals surface area (Å²) >= 11 is 0. The van der Waals surface area contributed by atoms with Crippen molar-refractivity contribution < 1.29 is 9.84 Å². The minimum Gasteiger partial charge on any atom is -0.497 e. The molecule has 0 spiro atoms. The minimum absolute atomic E-state index is 0.00305. The molecular weight excluding hydrogens is 190 g/mol. The first-order chi connectivity index (χ1) is 7.28. The number of hydrogen-bond donors (Lipinski definition) is 2. The van der Waals surface area contributed by atoms with E-state index in [1.165, 1.54) is 5.56 Å². The van der Waals surface area contributed by atoms with Gasteiger partial charge in [0.2, 0.25) is 0 Å². The molecule has 1 aliphatic carbocycles. The molecule has 15 heavy (non-hydrogen) atoms. The Morgan fingerprint density at radius 2 is 2.27 bits per heavy atom. The van der Waals surface area contributed by atoms with Gasteiger partial charge in [0, 0.05) is 12.1 Å². The van der Waals surface area contributed by atoms with Gasteiger partial charge in [-0.25, -0.2) is 0 Å². The summed E-state index contributed by atoms with van der Waals surface area (Å²) in [5, 5.41) is 12.5. The van der Waals surface area contributed by atoms with Crippen LogP contribution in [0.15, 0.2) is 24.3 Å². The molecule has 2 rings (SSSR count). The van der Waals surface area contributed by atoms with Crippen LogP contribution in [0.5, 0.6) is 5.75 Å². The number of aliphatic hydroxyl groups excluding tert-OH is 1. The molecule has 0 unspecified atom stereocenters. The van der Waals surface area contributed by atoms with E-state index in [0.717, 1.165) is 25.1 Å². The van der Waals surface area contributed by atoms with Gasteiger partial charge in [-0.2, -0.15) is 0 Å². The Morgan fingerprint density at radius 3 is 2.87 bits per heavy atom. The Bertz CT molecular complexity index is 334. The third-order valence-corrected chi connectivity index (χ3v) is 2.96. The fourth-order valence-corrected chi connectivity index (χ4v) is 1.61. The quantitative estimate of drug-likeness (QED) is 0.765. The van der Waals surface area contributed by atoms with Crippen LogP contribution in [0.1, 0.15) is 18.4 Å². The number of aliphatic hydroxyl groups is 1. The fraction of sp³-hybridized carbons (Fsp3) is 0.500. The summed E-state index contributed by atoms with van der Waals surface area (Å²) in [7, 11) is 1.67. The Hall–Kier alpha value is -1.06. The predicted octanol–water partition coefficient (Wildman–Crippen LogP) is 1.31. The number of nitrogens with one attached hydrogen (secondary N) is 1. The van der Waals surface area contributed by atoms with Crippen LogP contribution < -0.4 is 10.1 Å². The SMILES string of the molecule is COc1cccc(CNC2(CO)CC2)c1. The average Bonchev–Trinajstić information content (AvgIpc) is 3.07. The zero-order valence-electron chi connectivity index (χ0n) is 8.99. The second-order valence-corrected chi connectivity index (χ2v) is 4.14. The van der Waals surface area contributed by atoms with E-state index in [9.17, 15) is 0 Å². The molecule has 0 saturated heterocycles. The monoisotopic (exact) mass is 207 g/mol. The van der Waals surface area contributed by atoms with Gasteiger partial charge in [-0.05, 0) is 30.5 Å². The molecule has 1 aromatic rings. The summed E-state index contributed by atoms with van der Waals surface area (Å²) in [6, 6.07) is 7.99. The highest BCUT2D eigenvalue weighted by Gasteiger charge is 2.41. The molecule has 0 aromatic heterocycles. The number of methoxy groups -OCH3 is 1. The van der Waals surface area contributed by atoms with Gasteiger partial charge in [0.1, 0.15) is 5.75 Å². The first-order valence-electron chi connectivity index (χ1n) is 5.27. The predicted molar refractivity (Wildman–Crippen MR) is 58.9 cm³/mol. The maximum Gasteiger partial charge on any atom is 0.119 e. The van der Waals surface area contributed by atoms with Crippen molar-refractivity contribution >= 4 is 0 Å². The molecule has 0 aliphatic heterocycles. The minimum atomic E-state index is 0.00305. The first-order valence-corrected chi connectivity index (χ1v) is 5.27. The van der Waals surface area contributed by atoms with Gasteiger partial charge >= 0.3 is 0 Å². The molecule has 1 fully saturated rings. The molecule has 0 amide bonds. The molecule has 2 N–H and O–H groups in total. The van der Waals surface area contributed by atoms with Crippen molar-refractivity contribution in [2.24, 2.45) is 0 Å². The molecular formula is C12H17NO2. The lowest BCUT2D eigenvalue weighted by Crippen LogP contribution is -2.34. The van der Waals surface area contributed by atoms with Gasteiger partial charge in [-0.3, -0.25) is 0 Å². The Balaban J connectivity index is 1.93. The number of ether oxygens (including phenoxy) is 1. The summed E-state index contributed by atoms with van der Waals surface area (Å²) in [5.74, 6) is 0.878. The van der Waals surface area contributed by atoms with Crippen LogP contribution in [0.25, 0.3) is 0 Å². The molecule has 0 atom stereocenters. The lowest BCUT2D eigenvalue weighted by molar-refractivity contribution is 0.229. The van der Waals surface area contributed by atoms with Gasteiger partial charge in [0.15, 0.2) is 0 Å². The third kappa shape index (κ3) is 2.49. The molecule has 3 heteroatoms. The number of benzene rings is 1. The lowest BCUT2D eigenvalue weighted by Gasteiger charge is -2.14. The molecule has 1 saturated carbocycles. The van der Waals surface area contributed by atoms with Crippen LogP contribution in [0.4, 0.5) is 0 Å². The van der Waals surface area contributed by atoms with E-state index < -0.39 is 0 Å². The van der Waals surface area contributed by atoms with Gasteiger partial charge in [-0.1, -0.05) is 12.1 Å². The molecule has 82 valence electrons. The van der Waals surface area contributed by atoms with Crippen molar-refractivity contribution in [3.05, 3.63) is 29.8 Å². The summed E-state index contributed by atoms with van der Waals surface area (Å²) in [6.45, 7) is 1.02. The fourth-order valence-electron chi connectivity index (χ4n) is 1.61. The van der Waals surface area contributed by atoms with Gasteiger partial charge < -0.3 is 15.2 Å². The molecule has 3 nitrogen and oxygen atoms in total. The third-order valence-electron chi connectivity index (χ3n) is 2.96. The second kappa shape index (κ2) is 4.21. The summed E-state index contributed by atoms with van der Waals surface area (Å²) in [4.78, 5) is 0. The topological polar surface area (TPSA) is 41.5 Å². The number of rotatable bonds is 5.